The lowest BCUT2D eigenvalue weighted by atomic mass is 9.43. The van der Waals surface area contributed by atoms with Gasteiger partial charge in [-0.2, -0.15) is 0 Å². The minimum atomic E-state index is -3.37. The molecule has 2 bridgehead atoms. The smallest absolute Gasteiger partial charge is 0.404 e. The SMILES string of the molecule is [2H]c1c([2H])c([2H])c(C([2H])([2H])[C@]([2H])(NC(=O)c2cnccn2)C(=O)N[C@@H](CC(C)C)B2O[C@@H]3C[C@@H]4C[C@@H](C4(C)C)[C@]3(C)O2)c([2H])c1[2H]. The third-order valence-corrected chi connectivity index (χ3v) is 8.35. The summed E-state index contributed by atoms with van der Waals surface area (Å²) in [6.45, 7) is 10.3. The van der Waals surface area contributed by atoms with Gasteiger partial charge in [-0.15, -0.1) is 0 Å². The molecule has 4 aliphatic rings. The molecule has 1 saturated heterocycles. The van der Waals surface area contributed by atoms with Crippen molar-refractivity contribution in [2.75, 3.05) is 0 Å². The quantitative estimate of drug-likeness (QED) is 0.484. The lowest BCUT2D eigenvalue weighted by Gasteiger charge is -2.64. The van der Waals surface area contributed by atoms with Crippen LogP contribution in [-0.2, 0) is 20.5 Å². The fourth-order valence-electron chi connectivity index (χ4n) is 6.23. The molecule has 8 nitrogen and oxygen atoms in total. The number of nitrogens with one attached hydrogen (secondary N) is 2. The molecule has 3 saturated carbocycles. The fraction of sp³-hybridized carbons (Fsp3) is 0.586. The molecule has 1 aliphatic heterocycles. The molecule has 6 rings (SSSR count). The molecule has 2 amide bonds. The number of aromatic nitrogens is 2. The second-order valence-corrected chi connectivity index (χ2v) is 11.6. The number of rotatable bonds is 9. The predicted molar refractivity (Wildman–Crippen MR) is 145 cm³/mol. The van der Waals surface area contributed by atoms with E-state index in [1.165, 1.54) is 12.4 Å². The van der Waals surface area contributed by atoms with Gasteiger partial charge in [0.15, 0.2) is 0 Å². The summed E-state index contributed by atoms with van der Waals surface area (Å²) in [5, 5.41) is 4.81. The largest absolute Gasteiger partial charge is 0.481 e. The fourth-order valence-corrected chi connectivity index (χ4v) is 6.23. The Hall–Kier alpha value is -2.78. The highest BCUT2D eigenvalue weighted by atomic mass is 16.7. The molecule has 2 heterocycles. The summed E-state index contributed by atoms with van der Waals surface area (Å²) in [6.07, 6.45) is 2.05. The Labute approximate surface area is 237 Å². The summed E-state index contributed by atoms with van der Waals surface area (Å²) < 4.78 is 81.2. The van der Waals surface area contributed by atoms with Crippen molar-refractivity contribution in [3.05, 3.63) is 60.1 Å². The van der Waals surface area contributed by atoms with E-state index in [9.17, 15) is 11.0 Å². The number of hydrogen-bond donors (Lipinski definition) is 2. The van der Waals surface area contributed by atoms with E-state index in [0.29, 0.717) is 12.3 Å². The maximum absolute atomic E-state index is 14.3. The van der Waals surface area contributed by atoms with Crippen molar-refractivity contribution in [2.45, 2.75) is 83.9 Å². The van der Waals surface area contributed by atoms with Gasteiger partial charge in [-0.1, -0.05) is 57.9 Å². The Morgan fingerprint density at radius 3 is 2.63 bits per heavy atom. The first-order valence-corrected chi connectivity index (χ1v) is 13.1. The van der Waals surface area contributed by atoms with Gasteiger partial charge in [0, 0.05) is 21.5 Å². The topological polar surface area (TPSA) is 102 Å². The zero-order chi connectivity index (χ0) is 34.1. The number of carbonyl (C=O) groups excluding carboxylic acids is 2. The van der Waals surface area contributed by atoms with Gasteiger partial charge in [-0.25, -0.2) is 4.98 Å². The maximum Gasteiger partial charge on any atom is 0.481 e. The highest BCUT2D eigenvalue weighted by Gasteiger charge is 2.68. The van der Waals surface area contributed by atoms with Gasteiger partial charge in [-0.05, 0) is 54.9 Å². The standard InChI is InChI=1S/C29H39BN4O4/c1-18(2)13-25(30-37-24-16-20-15-23(28(20,3)4)29(24,5)38-30)34-26(35)21(14-19-9-7-6-8-10-19)33-27(36)22-17-31-11-12-32-22/h6-12,17-18,20-21,23-25H,13-16H2,1-5H3,(H,33,36)(H,34,35)/t20-,21-,23-,24+,25-,29-/m0/s1/i6D,7D,8D,9D,10D,14D2,21D. The number of nitrogens with zero attached hydrogens (tertiary/aromatic N) is 2. The van der Waals surface area contributed by atoms with Gasteiger partial charge in [0.1, 0.15) is 11.7 Å². The molecular formula is C29H39BN4O4. The molecule has 38 heavy (non-hydrogen) atoms. The average Bonchev–Trinajstić information content (AvgIpc) is 3.35. The highest BCUT2D eigenvalue weighted by molar-refractivity contribution is 6.48. The first kappa shape index (κ1) is 18.5. The van der Waals surface area contributed by atoms with Crippen molar-refractivity contribution < 1.29 is 29.9 Å². The summed E-state index contributed by atoms with van der Waals surface area (Å²) in [6, 6.07) is -7.66. The molecular weight excluding hydrogens is 479 g/mol. The molecule has 2 N–H and O–H groups in total. The second kappa shape index (κ2) is 10.4. The van der Waals surface area contributed by atoms with Crippen molar-refractivity contribution in [3.63, 3.8) is 0 Å². The lowest BCUT2D eigenvalue weighted by molar-refractivity contribution is -0.199. The van der Waals surface area contributed by atoms with Crippen LogP contribution in [0.3, 0.4) is 0 Å². The summed E-state index contributed by atoms with van der Waals surface area (Å²) >= 11 is 0. The molecule has 4 fully saturated rings. The molecule has 0 spiro atoms. The molecule has 202 valence electrons. The average molecular weight is 527 g/mol. The Kier molecular flexibility index (Phi) is 5.07. The van der Waals surface area contributed by atoms with Crippen LogP contribution in [0.4, 0.5) is 0 Å². The second-order valence-electron chi connectivity index (χ2n) is 11.6. The third kappa shape index (κ3) is 5.10. The van der Waals surface area contributed by atoms with Crippen LogP contribution in [0.1, 0.15) is 80.9 Å². The van der Waals surface area contributed by atoms with E-state index in [-0.39, 0.29) is 29.0 Å². The summed E-state index contributed by atoms with van der Waals surface area (Å²) in [5.74, 6) is -2.66. The van der Waals surface area contributed by atoms with Crippen LogP contribution in [0.15, 0.2) is 48.8 Å². The summed E-state index contributed by atoms with van der Waals surface area (Å²) in [5.41, 5.74) is -1.86. The Morgan fingerprint density at radius 2 is 1.97 bits per heavy atom. The molecule has 0 radical (unpaired) electrons. The van der Waals surface area contributed by atoms with E-state index in [2.05, 4.69) is 34.4 Å². The van der Waals surface area contributed by atoms with E-state index < -0.39 is 78.6 Å². The number of carbonyl (C=O) groups is 2. The van der Waals surface area contributed by atoms with Crippen molar-refractivity contribution in [1.29, 1.82) is 0 Å². The van der Waals surface area contributed by atoms with Crippen molar-refractivity contribution in [3.8, 4) is 0 Å². The normalized spacial score (nSPS) is 32.9. The summed E-state index contributed by atoms with van der Waals surface area (Å²) in [7, 11) is -0.942. The van der Waals surface area contributed by atoms with Crippen LogP contribution in [0.5, 0.6) is 0 Å². The number of hydrogen-bond acceptors (Lipinski definition) is 6. The maximum atomic E-state index is 14.3. The summed E-state index contributed by atoms with van der Waals surface area (Å²) in [4.78, 5) is 35.3. The van der Waals surface area contributed by atoms with Crippen LogP contribution in [-0.4, -0.2) is 52.6 Å². The Balaban J connectivity index is 1.54. The van der Waals surface area contributed by atoms with Crippen LogP contribution in [0.25, 0.3) is 0 Å². The zero-order valence-electron chi connectivity index (χ0n) is 30.3. The Morgan fingerprint density at radius 1 is 1.21 bits per heavy atom. The third-order valence-electron chi connectivity index (χ3n) is 8.35. The van der Waals surface area contributed by atoms with Gasteiger partial charge in [0.05, 0.1) is 32.1 Å². The minimum absolute atomic E-state index is 0.00911. The Bertz CT molecular complexity index is 1520. The van der Waals surface area contributed by atoms with Crippen LogP contribution >= 0.6 is 0 Å². The van der Waals surface area contributed by atoms with Gasteiger partial charge < -0.3 is 19.9 Å². The van der Waals surface area contributed by atoms with E-state index in [1.807, 2.05) is 20.8 Å². The molecule has 3 aliphatic carbocycles. The van der Waals surface area contributed by atoms with Crippen molar-refractivity contribution >= 4 is 18.9 Å². The lowest BCUT2D eigenvalue weighted by Crippen LogP contribution is -2.65. The minimum Gasteiger partial charge on any atom is -0.404 e. The molecule has 2 aromatic rings. The van der Waals surface area contributed by atoms with E-state index >= 15 is 0 Å². The molecule has 6 atom stereocenters. The van der Waals surface area contributed by atoms with Gasteiger partial charge >= 0.3 is 7.12 Å². The van der Waals surface area contributed by atoms with Gasteiger partial charge in [-0.3, -0.25) is 14.6 Å². The van der Waals surface area contributed by atoms with Crippen molar-refractivity contribution in [2.24, 2.45) is 23.2 Å². The highest BCUT2D eigenvalue weighted by Crippen LogP contribution is 2.65. The molecule has 9 heteroatoms. The first-order chi connectivity index (χ1) is 21.3. The monoisotopic (exact) mass is 526 g/mol. The van der Waals surface area contributed by atoms with Crippen LogP contribution < -0.4 is 10.6 Å². The van der Waals surface area contributed by atoms with Crippen LogP contribution in [0.2, 0.25) is 0 Å². The number of benzene rings is 1. The zero-order valence-corrected chi connectivity index (χ0v) is 22.3. The first-order valence-electron chi connectivity index (χ1n) is 17.1. The molecule has 0 unspecified atom stereocenters. The van der Waals surface area contributed by atoms with E-state index in [1.54, 1.807) is 0 Å². The van der Waals surface area contributed by atoms with Gasteiger partial charge in [0.25, 0.3) is 5.91 Å². The molecule has 1 aromatic carbocycles. The van der Waals surface area contributed by atoms with Crippen molar-refractivity contribution in [1.82, 2.24) is 20.6 Å². The van der Waals surface area contributed by atoms with Crippen LogP contribution in [0, 0.1) is 23.2 Å². The van der Waals surface area contributed by atoms with E-state index in [4.69, 9.17) is 18.9 Å². The number of amides is 2. The van der Waals surface area contributed by atoms with E-state index in [0.717, 1.165) is 19.0 Å². The van der Waals surface area contributed by atoms with Gasteiger partial charge in [0.2, 0.25) is 5.91 Å². The molecule has 1 aromatic heterocycles. The predicted octanol–water partition coefficient (Wildman–Crippen LogP) is 3.62.